The van der Waals surface area contributed by atoms with Gasteiger partial charge in [-0.15, -0.1) is 0 Å². The molecule has 14 heavy (non-hydrogen) atoms. The number of hydrogen-bond acceptors (Lipinski definition) is 3. The number of rotatable bonds is 3. The summed E-state index contributed by atoms with van der Waals surface area (Å²) < 4.78 is 0. The van der Waals surface area contributed by atoms with E-state index in [2.05, 4.69) is 4.98 Å². The number of carbonyl (C=O) groups is 1. The average molecular weight is 188 g/mol. The van der Waals surface area contributed by atoms with Gasteiger partial charge in [-0.25, -0.2) is 9.78 Å². The number of carboxylic acids is 1. The van der Waals surface area contributed by atoms with E-state index in [4.69, 9.17) is 10.4 Å². The van der Waals surface area contributed by atoms with Gasteiger partial charge < -0.3 is 5.11 Å². The minimum Gasteiger partial charge on any atom is -0.476 e. The molecule has 1 aromatic heterocycles. The summed E-state index contributed by atoms with van der Waals surface area (Å²) >= 11 is 0. The zero-order valence-electron chi connectivity index (χ0n) is 7.34. The number of carboxylic acid groups (broad SMARTS) is 1. The second kappa shape index (κ2) is 4.77. The van der Waals surface area contributed by atoms with Crippen molar-refractivity contribution >= 4 is 12.0 Å². The van der Waals surface area contributed by atoms with Gasteiger partial charge in [0.1, 0.15) is 0 Å². The van der Waals surface area contributed by atoms with Crippen molar-refractivity contribution < 1.29 is 9.90 Å². The van der Waals surface area contributed by atoms with Gasteiger partial charge in [0.25, 0.3) is 0 Å². The molecule has 0 aromatic carbocycles. The van der Waals surface area contributed by atoms with Crippen LogP contribution in [0, 0.1) is 11.3 Å². The van der Waals surface area contributed by atoms with Crippen LogP contribution in [0.5, 0.6) is 0 Å². The lowest BCUT2D eigenvalue weighted by Crippen LogP contribution is -2.02. The highest BCUT2D eigenvalue weighted by atomic mass is 16.4. The standard InChI is InChI=1S/C10H8N2O2/c11-6-2-1-4-8-5-3-7-12-9(8)10(13)14/h1,3-5,7H,2H2,(H,13,14). The third kappa shape index (κ3) is 2.42. The van der Waals surface area contributed by atoms with Gasteiger partial charge in [0, 0.05) is 11.8 Å². The first kappa shape index (κ1) is 9.93. The van der Waals surface area contributed by atoms with Crippen LogP contribution >= 0.6 is 0 Å². The molecule has 4 heteroatoms. The maximum absolute atomic E-state index is 10.7. The molecule has 0 unspecified atom stereocenters. The summed E-state index contributed by atoms with van der Waals surface area (Å²) in [6, 6.07) is 5.23. The van der Waals surface area contributed by atoms with E-state index in [-0.39, 0.29) is 12.1 Å². The molecule has 0 atom stereocenters. The van der Waals surface area contributed by atoms with E-state index in [1.165, 1.54) is 6.20 Å². The Morgan fingerprint density at radius 3 is 3.14 bits per heavy atom. The van der Waals surface area contributed by atoms with Crippen LogP contribution in [-0.2, 0) is 0 Å². The molecule has 0 aliphatic heterocycles. The fourth-order valence-electron chi connectivity index (χ4n) is 0.970. The maximum atomic E-state index is 10.7. The molecular formula is C10H8N2O2. The van der Waals surface area contributed by atoms with Crippen molar-refractivity contribution in [3.63, 3.8) is 0 Å². The first-order valence-corrected chi connectivity index (χ1v) is 3.97. The van der Waals surface area contributed by atoms with E-state index in [0.29, 0.717) is 5.56 Å². The van der Waals surface area contributed by atoms with E-state index >= 15 is 0 Å². The molecule has 0 saturated carbocycles. The van der Waals surface area contributed by atoms with Gasteiger partial charge in [0.15, 0.2) is 5.69 Å². The zero-order chi connectivity index (χ0) is 10.4. The fraction of sp³-hybridized carbons (Fsp3) is 0.100. The second-order valence-electron chi connectivity index (χ2n) is 2.51. The van der Waals surface area contributed by atoms with E-state index in [9.17, 15) is 4.79 Å². The SMILES string of the molecule is N#CCC=Cc1cccnc1C(=O)O. The first-order valence-electron chi connectivity index (χ1n) is 3.97. The summed E-state index contributed by atoms with van der Waals surface area (Å²) in [5.74, 6) is -1.07. The third-order valence-electron chi connectivity index (χ3n) is 1.55. The predicted molar refractivity (Wildman–Crippen MR) is 50.5 cm³/mol. The molecule has 0 amide bonds. The number of pyridine rings is 1. The molecule has 1 rings (SSSR count). The Kier molecular flexibility index (Phi) is 3.39. The maximum Gasteiger partial charge on any atom is 0.355 e. The van der Waals surface area contributed by atoms with Crippen molar-refractivity contribution in [2.24, 2.45) is 0 Å². The van der Waals surface area contributed by atoms with Crippen LogP contribution in [0.2, 0.25) is 0 Å². The van der Waals surface area contributed by atoms with Gasteiger partial charge in [0.2, 0.25) is 0 Å². The third-order valence-corrected chi connectivity index (χ3v) is 1.55. The number of hydrogen-bond donors (Lipinski definition) is 1. The Morgan fingerprint density at radius 1 is 1.71 bits per heavy atom. The van der Waals surface area contributed by atoms with Crippen molar-refractivity contribution in [3.05, 3.63) is 35.7 Å². The van der Waals surface area contributed by atoms with Gasteiger partial charge in [0.05, 0.1) is 12.5 Å². The van der Waals surface area contributed by atoms with E-state index < -0.39 is 5.97 Å². The number of nitrogens with zero attached hydrogens (tertiary/aromatic N) is 2. The fourth-order valence-corrected chi connectivity index (χ4v) is 0.970. The Labute approximate surface area is 81.1 Å². The van der Waals surface area contributed by atoms with Gasteiger partial charge in [-0.2, -0.15) is 5.26 Å². The molecule has 0 aliphatic rings. The molecule has 70 valence electrons. The highest BCUT2D eigenvalue weighted by molar-refractivity contribution is 5.89. The van der Waals surface area contributed by atoms with Crippen LogP contribution in [0.4, 0.5) is 0 Å². The minimum absolute atomic E-state index is 0.00156. The number of aromatic carboxylic acids is 1. The van der Waals surface area contributed by atoms with Gasteiger partial charge in [-0.3, -0.25) is 0 Å². The number of aromatic nitrogens is 1. The first-order chi connectivity index (χ1) is 6.75. The predicted octanol–water partition coefficient (Wildman–Crippen LogP) is 1.71. The molecule has 1 aromatic rings. The van der Waals surface area contributed by atoms with Crippen molar-refractivity contribution in [3.8, 4) is 6.07 Å². The monoisotopic (exact) mass is 188 g/mol. The van der Waals surface area contributed by atoms with Gasteiger partial charge in [-0.1, -0.05) is 18.2 Å². The van der Waals surface area contributed by atoms with Crippen molar-refractivity contribution in [2.45, 2.75) is 6.42 Å². The zero-order valence-corrected chi connectivity index (χ0v) is 7.34. The molecule has 4 nitrogen and oxygen atoms in total. The molecular weight excluding hydrogens is 180 g/mol. The summed E-state index contributed by atoms with van der Waals surface area (Å²) in [4.78, 5) is 14.4. The second-order valence-corrected chi connectivity index (χ2v) is 2.51. The highest BCUT2D eigenvalue weighted by Crippen LogP contribution is 2.07. The Morgan fingerprint density at radius 2 is 2.50 bits per heavy atom. The topological polar surface area (TPSA) is 74.0 Å². The summed E-state index contributed by atoms with van der Waals surface area (Å²) in [5, 5.41) is 17.1. The molecule has 1 heterocycles. The van der Waals surface area contributed by atoms with Crippen LogP contribution in [0.1, 0.15) is 22.5 Å². The lowest BCUT2D eigenvalue weighted by atomic mass is 10.1. The Hall–Kier alpha value is -2.15. The number of nitriles is 1. The van der Waals surface area contributed by atoms with E-state index in [1.54, 1.807) is 24.3 Å². The molecule has 0 fully saturated rings. The van der Waals surface area contributed by atoms with Crippen LogP contribution in [0.15, 0.2) is 24.4 Å². The summed E-state index contributed by atoms with van der Waals surface area (Å²) in [6.45, 7) is 0. The number of allylic oxidation sites excluding steroid dienone is 1. The van der Waals surface area contributed by atoms with Crippen LogP contribution < -0.4 is 0 Å². The lowest BCUT2D eigenvalue weighted by molar-refractivity contribution is 0.0690. The van der Waals surface area contributed by atoms with E-state index in [0.717, 1.165) is 0 Å². The van der Waals surface area contributed by atoms with Crippen LogP contribution in [-0.4, -0.2) is 16.1 Å². The Balaban J connectivity index is 2.97. The summed E-state index contributed by atoms with van der Waals surface area (Å²) in [6.07, 6.45) is 4.86. The van der Waals surface area contributed by atoms with Crippen molar-refractivity contribution in [1.29, 1.82) is 5.26 Å². The van der Waals surface area contributed by atoms with Crippen molar-refractivity contribution in [2.75, 3.05) is 0 Å². The lowest BCUT2D eigenvalue weighted by Gasteiger charge is -1.97. The Bertz CT molecular complexity index is 405. The van der Waals surface area contributed by atoms with Crippen LogP contribution in [0.3, 0.4) is 0 Å². The average Bonchev–Trinajstić information content (AvgIpc) is 2.19. The normalized spacial score (nSPS) is 9.93. The molecule has 1 N–H and O–H groups in total. The van der Waals surface area contributed by atoms with Crippen molar-refractivity contribution in [1.82, 2.24) is 4.98 Å². The molecule has 0 radical (unpaired) electrons. The van der Waals surface area contributed by atoms with E-state index in [1.807, 2.05) is 6.07 Å². The van der Waals surface area contributed by atoms with Crippen LogP contribution in [0.25, 0.3) is 6.08 Å². The highest BCUT2D eigenvalue weighted by Gasteiger charge is 2.07. The molecule has 0 spiro atoms. The summed E-state index contributed by atoms with van der Waals surface area (Å²) in [7, 11) is 0. The molecule has 0 bridgehead atoms. The largest absolute Gasteiger partial charge is 0.476 e. The smallest absolute Gasteiger partial charge is 0.355 e. The molecule has 0 saturated heterocycles. The van der Waals surface area contributed by atoms with Gasteiger partial charge >= 0.3 is 5.97 Å². The minimum atomic E-state index is -1.07. The molecule has 0 aliphatic carbocycles. The van der Waals surface area contributed by atoms with Gasteiger partial charge in [-0.05, 0) is 6.07 Å². The summed E-state index contributed by atoms with van der Waals surface area (Å²) in [5.41, 5.74) is 0.511. The quantitative estimate of drug-likeness (QED) is 0.783.